The summed E-state index contributed by atoms with van der Waals surface area (Å²) in [6, 6.07) is 10.2. The number of H-pyrrole nitrogens is 1. The molecule has 0 spiro atoms. The van der Waals surface area contributed by atoms with Gasteiger partial charge in [0.05, 0.1) is 11.8 Å². The van der Waals surface area contributed by atoms with E-state index in [9.17, 15) is 8.78 Å². The Labute approximate surface area is 138 Å². The summed E-state index contributed by atoms with van der Waals surface area (Å²) in [5.74, 6) is -0.565. The largest absolute Gasteiger partial charge is 0.491 e. The third-order valence-electron chi connectivity index (χ3n) is 3.22. The van der Waals surface area contributed by atoms with E-state index in [0.717, 1.165) is 12.1 Å². The van der Waals surface area contributed by atoms with Crippen molar-refractivity contribution in [3.05, 3.63) is 60.3 Å². The molecule has 0 saturated carbocycles. The number of ether oxygens (including phenoxy) is 2. The fraction of sp³-hybridized carbons (Fsp3) is 0.167. The molecule has 24 heavy (non-hydrogen) atoms. The van der Waals surface area contributed by atoms with Gasteiger partial charge >= 0.3 is 0 Å². The molecule has 4 nitrogen and oxygen atoms in total. The summed E-state index contributed by atoms with van der Waals surface area (Å²) in [6.45, 7) is 3.81. The molecule has 2 aromatic carbocycles. The van der Waals surface area contributed by atoms with E-state index in [1.807, 2.05) is 13.8 Å². The van der Waals surface area contributed by atoms with Crippen LogP contribution in [0.1, 0.15) is 13.8 Å². The van der Waals surface area contributed by atoms with Crippen molar-refractivity contribution in [2.24, 2.45) is 0 Å². The van der Waals surface area contributed by atoms with Crippen molar-refractivity contribution < 1.29 is 18.3 Å². The first-order valence-electron chi connectivity index (χ1n) is 7.46. The van der Waals surface area contributed by atoms with Gasteiger partial charge in [-0.1, -0.05) is 0 Å². The molecule has 1 heterocycles. The van der Waals surface area contributed by atoms with Gasteiger partial charge in [0.1, 0.15) is 17.3 Å². The van der Waals surface area contributed by atoms with Gasteiger partial charge in [-0.3, -0.25) is 5.10 Å². The van der Waals surface area contributed by atoms with Crippen LogP contribution in [0, 0.1) is 11.6 Å². The molecule has 0 fully saturated rings. The minimum absolute atomic E-state index is 0.0170. The predicted molar refractivity (Wildman–Crippen MR) is 86.2 cm³/mol. The summed E-state index contributed by atoms with van der Waals surface area (Å²) in [6.07, 6.45) is 1.66. The molecule has 0 aliphatic carbocycles. The van der Waals surface area contributed by atoms with Crippen LogP contribution in [0.15, 0.2) is 48.7 Å². The number of aromatic amines is 1. The summed E-state index contributed by atoms with van der Waals surface area (Å²) < 4.78 is 38.3. The van der Waals surface area contributed by atoms with Crippen LogP contribution in [0.2, 0.25) is 0 Å². The molecule has 3 rings (SSSR count). The minimum Gasteiger partial charge on any atom is -0.491 e. The van der Waals surface area contributed by atoms with Crippen molar-refractivity contribution in [1.82, 2.24) is 10.2 Å². The molecule has 3 aromatic rings. The highest BCUT2D eigenvalue weighted by molar-refractivity contribution is 5.68. The highest BCUT2D eigenvalue weighted by Gasteiger charge is 2.14. The van der Waals surface area contributed by atoms with Crippen LogP contribution in [0.25, 0.3) is 11.3 Å². The Hall–Kier alpha value is -2.89. The van der Waals surface area contributed by atoms with E-state index in [1.54, 1.807) is 30.5 Å². The van der Waals surface area contributed by atoms with Gasteiger partial charge in [-0.2, -0.15) is 5.10 Å². The lowest BCUT2D eigenvalue weighted by atomic mass is 10.1. The second-order valence-corrected chi connectivity index (χ2v) is 5.46. The topological polar surface area (TPSA) is 47.1 Å². The van der Waals surface area contributed by atoms with E-state index in [-0.39, 0.29) is 11.9 Å². The van der Waals surface area contributed by atoms with Gasteiger partial charge in [0.2, 0.25) is 0 Å². The monoisotopic (exact) mass is 330 g/mol. The van der Waals surface area contributed by atoms with Crippen LogP contribution < -0.4 is 9.47 Å². The van der Waals surface area contributed by atoms with Crippen molar-refractivity contribution in [2.75, 3.05) is 0 Å². The van der Waals surface area contributed by atoms with Crippen LogP contribution in [0.3, 0.4) is 0 Å². The third kappa shape index (κ3) is 3.53. The molecule has 0 amide bonds. The molecule has 0 aliphatic rings. The smallest absolute Gasteiger partial charge is 0.168 e. The molecule has 0 saturated heterocycles. The van der Waals surface area contributed by atoms with Gasteiger partial charge in [0.15, 0.2) is 11.6 Å². The van der Waals surface area contributed by atoms with Crippen molar-refractivity contribution in [2.45, 2.75) is 20.0 Å². The lowest BCUT2D eigenvalue weighted by Crippen LogP contribution is -2.05. The predicted octanol–water partition coefficient (Wildman–Crippen LogP) is 4.93. The number of hydrogen-bond acceptors (Lipinski definition) is 3. The third-order valence-corrected chi connectivity index (χ3v) is 3.22. The maximum absolute atomic E-state index is 13.9. The summed E-state index contributed by atoms with van der Waals surface area (Å²) in [4.78, 5) is 0. The summed E-state index contributed by atoms with van der Waals surface area (Å²) >= 11 is 0. The molecule has 1 aromatic heterocycles. The first-order chi connectivity index (χ1) is 11.5. The van der Waals surface area contributed by atoms with E-state index in [1.165, 1.54) is 6.07 Å². The zero-order chi connectivity index (χ0) is 17.1. The maximum Gasteiger partial charge on any atom is 0.168 e. The number of nitrogens with zero attached hydrogens (tertiary/aromatic N) is 1. The summed E-state index contributed by atoms with van der Waals surface area (Å²) in [5, 5.41) is 6.84. The average molecular weight is 330 g/mol. The van der Waals surface area contributed by atoms with Crippen LogP contribution in [0.5, 0.6) is 17.2 Å². The molecule has 0 bridgehead atoms. The van der Waals surface area contributed by atoms with Crippen molar-refractivity contribution in [3.8, 4) is 28.5 Å². The average Bonchev–Trinajstić information content (AvgIpc) is 3.04. The molecular formula is C18H16F2N2O2. The molecule has 124 valence electrons. The van der Waals surface area contributed by atoms with Gasteiger partial charge in [0.25, 0.3) is 0 Å². The maximum atomic E-state index is 13.9. The zero-order valence-electron chi connectivity index (χ0n) is 13.2. The number of rotatable bonds is 5. The van der Waals surface area contributed by atoms with Gasteiger partial charge in [-0.05, 0) is 44.2 Å². The zero-order valence-corrected chi connectivity index (χ0v) is 13.2. The molecule has 1 N–H and O–H groups in total. The Balaban J connectivity index is 2.02. The Bertz CT molecular complexity index is 833. The van der Waals surface area contributed by atoms with E-state index in [0.29, 0.717) is 22.8 Å². The quantitative estimate of drug-likeness (QED) is 0.721. The summed E-state index contributed by atoms with van der Waals surface area (Å²) in [5.41, 5.74) is 1.31. The highest BCUT2D eigenvalue weighted by atomic mass is 19.1. The fourth-order valence-electron chi connectivity index (χ4n) is 2.23. The van der Waals surface area contributed by atoms with Gasteiger partial charge in [-0.15, -0.1) is 0 Å². The first-order valence-corrected chi connectivity index (χ1v) is 7.46. The molecule has 0 radical (unpaired) electrons. The minimum atomic E-state index is -0.779. The normalized spacial score (nSPS) is 10.9. The van der Waals surface area contributed by atoms with Crippen LogP contribution >= 0.6 is 0 Å². The van der Waals surface area contributed by atoms with Crippen molar-refractivity contribution in [3.63, 3.8) is 0 Å². The Morgan fingerprint density at radius 2 is 1.83 bits per heavy atom. The van der Waals surface area contributed by atoms with Crippen LogP contribution in [-0.4, -0.2) is 16.3 Å². The lowest BCUT2D eigenvalue weighted by molar-refractivity contribution is 0.241. The second kappa shape index (κ2) is 6.70. The van der Waals surface area contributed by atoms with Gasteiger partial charge in [0, 0.05) is 23.9 Å². The highest BCUT2D eigenvalue weighted by Crippen LogP contribution is 2.36. The molecule has 6 heteroatoms. The van der Waals surface area contributed by atoms with Crippen LogP contribution in [-0.2, 0) is 0 Å². The van der Waals surface area contributed by atoms with Crippen molar-refractivity contribution >= 4 is 0 Å². The number of aromatic nitrogens is 2. The molecular weight excluding hydrogens is 314 g/mol. The lowest BCUT2D eigenvalue weighted by Gasteiger charge is -2.14. The standard InChI is InChI=1S/C18H16F2N2O2/c1-11(2)23-13-4-5-14(16-7-8-21-22-16)18(10-13)24-17-6-3-12(19)9-15(17)20/h3-11H,1-2H3,(H,21,22). The van der Waals surface area contributed by atoms with E-state index < -0.39 is 11.6 Å². The fourth-order valence-corrected chi connectivity index (χ4v) is 2.23. The molecule has 0 unspecified atom stereocenters. The number of nitrogens with one attached hydrogen (secondary N) is 1. The second-order valence-electron chi connectivity index (χ2n) is 5.46. The number of benzene rings is 2. The SMILES string of the molecule is CC(C)Oc1ccc(-c2cc[nH]n2)c(Oc2ccc(F)cc2F)c1. The van der Waals surface area contributed by atoms with Gasteiger partial charge in [-0.25, -0.2) is 8.78 Å². The van der Waals surface area contributed by atoms with E-state index in [4.69, 9.17) is 9.47 Å². The first kappa shape index (κ1) is 16.0. The number of hydrogen-bond donors (Lipinski definition) is 1. The molecule has 0 atom stereocenters. The number of halogens is 2. The van der Waals surface area contributed by atoms with Crippen molar-refractivity contribution in [1.29, 1.82) is 0 Å². The Morgan fingerprint density at radius 3 is 2.50 bits per heavy atom. The van der Waals surface area contributed by atoms with Crippen LogP contribution in [0.4, 0.5) is 8.78 Å². The Morgan fingerprint density at radius 1 is 1.00 bits per heavy atom. The molecule has 0 aliphatic heterocycles. The Kier molecular flexibility index (Phi) is 4.46. The summed E-state index contributed by atoms with van der Waals surface area (Å²) in [7, 11) is 0. The van der Waals surface area contributed by atoms with E-state index in [2.05, 4.69) is 10.2 Å². The van der Waals surface area contributed by atoms with E-state index >= 15 is 0 Å². The van der Waals surface area contributed by atoms with Gasteiger partial charge < -0.3 is 9.47 Å².